The Hall–Kier alpha value is 0.527. The van der Waals surface area contributed by atoms with Crippen molar-refractivity contribution in [2.24, 2.45) is 0 Å². The van der Waals surface area contributed by atoms with Gasteiger partial charge in [-0.15, -0.1) is 8.58 Å². The first-order chi connectivity index (χ1) is 8.17. The van der Waals surface area contributed by atoms with Gasteiger partial charge >= 0.3 is 8.80 Å². The molecule has 0 spiro atoms. The molecular formula is C12H29O3PSi. The van der Waals surface area contributed by atoms with Crippen molar-refractivity contribution in [1.82, 2.24) is 0 Å². The lowest BCUT2D eigenvalue weighted by atomic mass is 10.3. The summed E-state index contributed by atoms with van der Waals surface area (Å²) in [5.74, 6) is 0. The molecule has 0 radical (unpaired) electrons. The van der Waals surface area contributed by atoms with E-state index in [4.69, 9.17) is 13.3 Å². The van der Waals surface area contributed by atoms with Gasteiger partial charge in [-0.05, 0) is 45.9 Å². The highest BCUT2D eigenvalue weighted by Crippen LogP contribution is 2.27. The SMILES string of the molecule is CCO[Si](CCC(CC)PC)(OCC)OCC. The van der Waals surface area contributed by atoms with Crippen LogP contribution in [0.5, 0.6) is 0 Å². The minimum absolute atomic E-state index is 0.678. The summed E-state index contributed by atoms with van der Waals surface area (Å²) in [6.45, 7) is 12.6. The molecule has 17 heavy (non-hydrogen) atoms. The third kappa shape index (κ3) is 6.87. The molecule has 0 aromatic rings. The highest BCUT2D eigenvalue weighted by molar-refractivity contribution is 7.37. The normalized spacial score (nSPS) is 14.6. The maximum absolute atomic E-state index is 5.85. The molecule has 0 aromatic heterocycles. The molecule has 5 heteroatoms. The van der Waals surface area contributed by atoms with Crippen LogP contribution in [0.2, 0.25) is 6.04 Å². The minimum Gasteiger partial charge on any atom is -0.374 e. The van der Waals surface area contributed by atoms with Crippen molar-refractivity contribution in [2.75, 3.05) is 26.5 Å². The molecule has 0 rings (SSSR count). The Labute approximate surface area is 110 Å². The van der Waals surface area contributed by atoms with Gasteiger partial charge in [0, 0.05) is 25.9 Å². The van der Waals surface area contributed by atoms with Gasteiger partial charge in [-0.1, -0.05) is 6.92 Å². The predicted molar refractivity (Wildman–Crippen MR) is 78.4 cm³/mol. The fraction of sp³-hybridized carbons (Fsp3) is 1.00. The van der Waals surface area contributed by atoms with Gasteiger partial charge in [-0.3, -0.25) is 0 Å². The van der Waals surface area contributed by atoms with Crippen molar-refractivity contribution in [3.8, 4) is 0 Å². The van der Waals surface area contributed by atoms with Crippen LogP contribution in [0.3, 0.4) is 0 Å². The monoisotopic (exact) mass is 280 g/mol. The quantitative estimate of drug-likeness (QED) is 0.428. The van der Waals surface area contributed by atoms with Crippen molar-refractivity contribution in [2.45, 2.75) is 52.2 Å². The predicted octanol–water partition coefficient (Wildman–Crippen LogP) is 3.51. The van der Waals surface area contributed by atoms with Crippen LogP contribution >= 0.6 is 8.58 Å². The zero-order valence-electron chi connectivity index (χ0n) is 12.0. The maximum Gasteiger partial charge on any atom is 0.500 e. The maximum atomic E-state index is 5.85. The molecule has 0 saturated heterocycles. The Balaban J connectivity index is 4.41. The van der Waals surface area contributed by atoms with E-state index < -0.39 is 8.80 Å². The second-order valence-corrected chi connectivity index (χ2v) is 8.04. The molecule has 3 nitrogen and oxygen atoms in total. The van der Waals surface area contributed by atoms with Gasteiger partial charge < -0.3 is 13.3 Å². The number of hydrogen-bond acceptors (Lipinski definition) is 3. The summed E-state index contributed by atoms with van der Waals surface area (Å²) >= 11 is 0. The summed E-state index contributed by atoms with van der Waals surface area (Å²) in [4.78, 5) is 0. The van der Waals surface area contributed by atoms with E-state index in [0.717, 1.165) is 26.7 Å². The fourth-order valence-corrected chi connectivity index (χ4v) is 5.74. The van der Waals surface area contributed by atoms with Crippen LogP contribution in [-0.2, 0) is 13.3 Å². The summed E-state index contributed by atoms with van der Waals surface area (Å²) in [6.07, 6.45) is 2.40. The van der Waals surface area contributed by atoms with E-state index >= 15 is 0 Å². The van der Waals surface area contributed by atoms with E-state index in [2.05, 4.69) is 13.6 Å². The summed E-state index contributed by atoms with van der Waals surface area (Å²) in [5, 5.41) is 0. The van der Waals surface area contributed by atoms with Crippen LogP contribution in [0, 0.1) is 0 Å². The van der Waals surface area contributed by atoms with E-state index in [9.17, 15) is 0 Å². The zero-order chi connectivity index (χ0) is 13.1. The zero-order valence-corrected chi connectivity index (χ0v) is 14.0. The third-order valence-corrected chi connectivity index (χ3v) is 7.39. The second kappa shape index (κ2) is 10.4. The van der Waals surface area contributed by atoms with Crippen molar-refractivity contribution in [3.05, 3.63) is 0 Å². The van der Waals surface area contributed by atoms with Crippen molar-refractivity contribution < 1.29 is 13.3 Å². The molecule has 0 N–H and O–H groups in total. The van der Waals surface area contributed by atoms with Gasteiger partial charge in [0.25, 0.3) is 0 Å². The standard InChI is InChI=1S/C12H29O3PSi/c1-6-12(16-5)10-11-17(13-7-2,14-8-3)15-9-4/h12,16H,6-11H2,1-5H3. The van der Waals surface area contributed by atoms with E-state index in [0.29, 0.717) is 19.8 Å². The summed E-state index contributed by atoms with van der Waals surface area (Å²) in [6, 6.07) is 0.960. The van der Waals surface area contributed by atoms with Crippen molar-refractivity contribution >= 4 is 17.4 Å². The van der Waals surface area contributed by atoms with Crippen LogP contribution in [-0.4, -0.2) is 40.9 Å². The van der Waals surface area contributed by atoms with Crippen LogP contribution < -0.4 is 0 Å². The molecule has 0 saturated carbocycles. The first-order valence-electron chi connectivity index (χ1n) is 6.77. The molecule has 0 aliphatic carbocycles. The lowest BCUT2D eigenvalue weighted by Gasteiger charge is -2.29. The van der Waals surface area contributed by atoms with E-state index in [1.807, 2.05) is 20.8 Å². The lowest BCUT2D eigenvalue weighted by Crippen LogP contribution is -2.46. The van der Waals surface area contributed by atoms with E-state index in [1.54, 1.807) is 0 Å². The van der Waals surface area contributed by atoms with E-state index in [1.165, 1.54) is 6.42 Å². The van der Waals surface area contributed by atoms with Gasteiger partial charge in [0.15, 0.2) is 0 Å². The summed E-state index contributed by atoms with van der Waals surface area (Å²) < 4.78 is 17.5. The Bertz CT molecular complexity index is 160. The Morgan fingerprint density at radius 3 is 1.71 bits per heavy atom. The average molecular weight is 280 g/mol. The fourth-order valence-electron chi connectivity index (χ4n) is 1.90. The number of hydrogen-bond donors (Lipinski definition) is 0. The summed E-state index contributed by atoms with van der Waals surface area (Å²) in [7, 11) is -1.39. The molecule has 2 unspecified atom stereocenters. The van der Waals surface area contributed by atoms with Gasteiger partial charge in [0.1, 0.15) is 0 Å². The topological polar surface area (TPSA) is 27.7 Å². The van der Waals surface area contributed by atoms with Crippen LogP contribution in [0.1, 0.15) is 40.5 Å². The molecular weight excluding hydrogens is 251 g/mol. The van der Waals surface area contributed by atoms with Crippen molar-refractivity contribution in [1.29, 1.82) is 0 Å². The van der Waals surface area contributed by atoms with Crippen LogP contribution in [0.15, 0.2) is 0 Å². The molecule has 0 bridgehead atoms. The van der Waals surface area contributed by atoms with Crippen LogP contribution in [0.4, 0.5) is 0 Å². The summed E-state index contributed by atoms with van der Waals surface area (Å²) in [5.41, 5.74) is 0.795. The Morgan fingerprint density at radius 1 is 0.941 bits per heavy atom. The molecule has 0 fully saturated rings. The van der Waals surface area contributed by atoms with Gasteiger partial charge in [-0.2, -0.15) is 0 Å². The first-order valence-corrected chi connectivity index (χ1v) is 10.3. The second-order valence-electron chi connectivity index (χ2n) is 3.91. The van der Waals surface area contributed by atoms with Gasteiger partial charge in [0.2, 0.25) is 0 Å². The Morgan fingerprint density at radius 2 is 1.41 bits per heavy atom. The molecule has 0 aliphatic rings. The molecule has 0 aliphatic heterocycles. The first kappa shape index (κ1) is 17.5. The smallest absolute Gasteiger partial charge is 0.374 e. The minimum atomic E-state index is -2.39. The van der Waals surface area contributed by atoms with Crippen molar-refractivity contribution in [3.63, 3.8) is 0 Å². The lowest BCUT2D eigenvalue weighted by molar-refractivity contribution is 0.0707. The van der Waals surface area contributed by atoms with Crippen LogP contribution in [0.25, 0.3) is 0 Å². The molecule has 2 atom stereocenters. The molecule has 0 heterocycles. The van der Waals surface area contributed by atoms with Gasteiger partial charge in [0.05, 0.1) is 0 Å². The molecule has 104 valence electrons. The average Bonchev–Trinajstić information content (AvgIpc) is 2.31. The van der Waals surface area contributed by atoms with Gasteiger partial charge in [-0.25, -0.2) is 0 Å². The number of rotatable bonds is 11. The highest BCUT2D eigenvalue weighted by Gasteiger charge is 2.40. The Kier molecular flexibility index (Phi) is 10.8. The largest absolute Gasteiger partial charge is 0.500 e. The molecule has 0 aromatic carbocycles. The van der Waals surface area contributed by atoms with E-state index in [-0.39, 0.29) is 0 Å². The molecule has 0 amide bonds. The highest BCUT2D eigenvalue weighted by atomic mass is 31.1. The third-order valence-electron chi connectivity index (χ3n) is 2.79.